The maximum absolute atomic E-state index is 12.6. The Morgan fingerprint density at radius 3 is 2.45 bits per heavy atom. The molecule has 0 aliphatic carbocycles. The summed E-state index contributed by atoms with van der Waals surface area (Å²) in [5.41, 5.74) is 0.895. The number of ether oxygens (including phenoxy) is 2. The molecule has 1 N–H and O–H groups in total. The summed E-state index contributed by atoms with van der Waals surface area (Å²) < 4.78 is 16.7. The monoisotopic (exact) mass is 450 g/mol. The van der Waals surface area contributed by atoms with Crippen molar-refractivity contribution in [1.82, 2.24) is 4.90 Å². The Morgan fingerprint density at radius 2 is 1.79 bits per heavy atom. The average Bonchev–Trinajstić information content (AvgIpc) is 2.78. The van der Waals surface area contributed by atoms with Gasteiger partial charge >= 0.3 is 11.6 Å². The lowest BCUT2D eigenvalue weighted by Gasteiger charge is -2.29. The van der Waals surface area contributed by atoms with Crippen LogP contribution < -0.4 is 20.4 Å². The molecule has 0 spiro atoms. The van der Waals surface area contributed by atoms with E-state index in [0.717, 1.165) is 31.5 Å². The van der Waals surface area contributed by atoms with Crippen LogP contribution in [0.4, 0.5) is 5.69 Å². The maximum atomic E-state index is 12.6. The van der Waals surface area contributed by atoms with E-state index >= 15 is 0 Å². The van der Waals surface area contributed by atoms with Crippen molar-refractivity contribution < 1.29 is 23.5 Å². The van der Waals surface area contributed by atoms with Gasteiger partial charge in [0.25, 0.3) is 5.91 Å². The molecule has 2 heterocycles. The maximum Gasteiger partial charge on any atom is 0.360 e. The number of amides is 1. The zero-order valence-corrected chi connectivity index (χ0v) is 18.8. The molecule has 8 nitrogen and oxygen atoms in total. The van der Waals surface area contributed by atoms with Gasteiger partial charge in [-0.15, -0.1) is 0 Å². The van der Waals surface area contributed by atoms with Crippen molar-refractivity contribution >= 4 is 28.5 Å². The summed E-state index contributed by atoms with van der Waals surface area (Å²) >= 11 is 0. The van der Waals surface area contributed by atoms with Crippen LogP contribution in [-0.2, 0) is 4.79 Å². The number of benzene rings is 2. The second-order valence-electron chi connectivity index (χ2n) is 8.25. The summed E-state index contributed by atoms with van der Waals surface area (Å²) in [5, 5.41) is 3.28. The van der Waals surface area contributed by atoms with Crippen molar-refractivity contribution in [2.75, 3.05) is 25.5 Å². The molecular formula is C25H26N2O6. The van der Waals surface area contributed by atoms with Crippen molar-refractivity contribution in [2.24, 2.45) is 0 Å². The highest BCUT2D eigenvalue weighted by atomic mass is 16.5. The van der Waals surface area contributed by atoms with Crippen molar-refractivity contribution in [2.45, 2.75) is 32.8 Å². The normalized spacial score (nSPS) is 14.8. The van der Waals surface area contributed by atoms with Crippen molar-refractivity contribution in [3.8, 4) is 11.5 Å². The third-order valence-corrected chi connectivity index (χ3v) is 5.69. The minimum absolute atomic E-state index is 0.0416. The molecule has 2 aromatic carbocycles. The van der Waals surface area contributed by atoms with Gasteiger partial charge in [0, 0.05) is 36.5 Å². The number of nitrogens with zero attached hydrogens (tertiary/aromatic N) is 1. The standard InChI is InChI=1S/C25H26N2O6/c1-15-22(32-20-10-12-27(3)13-11-20)9-6-18-14-21(25(30)33-23(15)18)26-24(29)17-4-7-19(8-5-17)31-16(2)28/h4-9,14,20H,10-13H2,1-3H3,(H,26,29). The fourth-order valence-corrected chi connectivity index (χ4v) is 3.84. The number of rotatable bonds is 5. The Balaban J connectivity index is 1.52. The molecule has 1 fully saturated rings. The first-order valence-corrected chi connectivity index (χ1v) is 10.8. The topological polar surface area (TPSA) is 98.1 Å². The minimum atomic E-state index is -0.646. The van der Waals surface area contributed by atoms with Crippen LogP contribution >= 0.6 is 0 Å². The van der Waals surface area contributed by atoms with Gasteiger partial charge in [0.2, 0.25) is 0 Å². The third-order valence-electron chi connectivity index (χ3n) is 5.69. The van der Waals surface area contributed by atoms with Crippen LogP contribution in [0.5, 0.6) is 11.5 Å². The molecular weight excluding hydrogens is 424 g/mol. The third kappa shape index (κ3) is 5.23. The Morgan fingerprint density at radius 1 is 1.09 bits per heavy atom. The smallest absolute Gasteiger partial charge is 0.360 e. The number of anilines is 1. The van der Waals surface area contributed by atoms with Gasteiger partial charge in [0.05, 0.1) is 0 Å². The zero-order chi connectivity index (χ0) is 23.5. The molecule has 172 valence electrons. The predicted octanol–water partition coefficient (Wildman–Crippen LogP) is 3.75. The van der Waals surface area contributed by atoms with Crippen molar-refractivity contribution in [1.29, 1.82) is 0 Å². The summed E-state index contributed by atoms with van der Waals surface area (Å²) in [7, 11) is 2.10. The zero-order valence-electron chi connectivity index (χ0n) is 18.8. The quantitative estimate of drug-likeness (QED) is 0.359. The second kappa shape index (κ2) is 9.46. The Labute approximate surface area is 191 Å². The lowest BCUT2D eigenvalue weighted by molar-refractivity contribution is -0.131. The summed E-state index contributed by atoms with van der Waals surface area (Å²) in [6, 6.07) is 11.3. The molecule has 1 aliphatic heterocycles. The van der Waals surface area contributed by atoms with Crippen LogP contribution in [0.3, 0.4) is 0 Å². The number of hydrogen-bond acceptors (Lipinski definition) is 7. The lowest BCUT2D eigenvalue weighted by Crippen LogP contribution is -2.35. The Bertz CT molecular complexity index is 1240. The first-order valence-electron chi connectivity index (χ1n) is 10.8. The highest BCUT2D eigenvalue weighted by Gasteiger charge is 2.20. The minimum Gasteiger partial charge on any atom is -0.490 e. The number of carbonyl (C=O) groups is 2. The molecule has 0 saturated carbocycles. The van der Waals surface area contributed by atoms with Gasteiger partial charge in [-0.25, -0.2) is 4.79 Å². The summed E-state index contributed by atoms with van der Waals surface area (Å²) in [4.78, 5) is 38.5. The van der Waals surface area contributed by atoms with E-state index in [1.54, 1.807) is 6.07 Å². The molecule has 1 aliphatic rings. The van der Waals surface area contributed by atoms with Gasteiger partial charge in [-0.3, -0.25) is 9.59 Å². The number of fused-ring (bicyclic) bond motifs is 1. The SMILES string of the molecule is CC(=O)Oc1ccc(C(=O)Nc2cc3ccc(OC4CCN(C)CC4)c(C)c3oc2=O)cc1. The second-order valence-corrected chi connectivity index (χ2v) is 8.25. The average molecular weight is 450 g/mol. The largest absolute Gasteiger partial charge is 0.490 e. The highest BCUT2D eigenvalue weighted by molar-refractivity contribution is 6.04. The Hall–Kier alpha value is -3.65. The molecule has 1 amide bonds. The number of likely N-dealkylation sites (tertiary alicyclic amines) is 1. The van der Waals surface area contributed by atoms with E-state index in [9.17, 15) is 14.4 Å². The van der Waals surface area contributed by atoms with Crippen LogP contribution in [0.2, 0.25) is 0 Å². The predicted molar refractivity (Wildman–Crippen MR) is 124 cm³/mol. The summed E-state index contributed by atoms with van der Waals surface area (Å²) in [6.07, 6.45) is 2.03. The molecule has 8 heteroatoms. The fourth-order valence-electron chi connectivity index (χ4n) is 3.84. The number of hydrogen-bond donors (Lipinski definition) is 1. The van der Waals surface area contributed by atoms with E-state index < -0.39 is 17.5 Å². The molecule has 0 atom stereocenters. The van der Waals surface area contributed by atoms with Crippen molar-refractivity contribution in [3.63, 3.8) is 0 Å². The molecule has 3 aromatic rings. The van der Waals surface area contributed by atoms with Crippen LogP contribution in [0.15, 0.2) is 51.7 Å². The van der Waals surface area contributed by atoms with Gasteiger partial charge in [-0.1, -0.05) is 0 Å². The molecule has 0 radical (unpaired) electrons. The molecule has 33 heavy (non-hydrogen) atoms. The summed E-state index contributed by atoms with van der Waals surface area (Å²) in [5.74, 6) is 0.106. The molecule has 1 saturated heterocycles. The van der Waals surface area contributed by atoms with Crippen LogP contribution in [0.1, 0.15) is 35.7 Å². The number of nitrogens with one attached hydrogen (secondary N) is 1. The van der Waals surface area contributed by atoms with Gasteiger partial charge in [0.15, 0.2) is 0 Å². The van der Waals surface area contributed by atoms with Gasteiger partial charge in [-0.05, 0) is 69.3 Å². The van der Waals surface area contributed by atoms with Crippen molar-refractivity contribution in [3.05, 3.63) is 64.0 Å². The molecule has 0 unspecified atom stereocenters. The Kier molecular flexibility index (Phi) is 6.46. The fraction of sp³-hybridized carbons (Fsp3) is 0.320. The van der Waals surface area contributed by atoms with E-state index in [0.29, 0.717) is 28.0 Å². The highest BCUT2D eigenvalue weighted by Crippen LogP contribution is 2.30. The van der Waals surface area contributed by atoms with E-state index in [1.165, 1.54) is 31.2 Å². The van der Waals surface area contributed by atoms with Crippen LogP contribution in [-0.4, -0.2) is 43.0 Å². The van der Waals surface area contributed by atoms with E-state index in [-0.39, 0.29) is 11.8 Å². The molecule has 1 aromatic heterocycles. The number of carbonyl (C=O) groups excluding carboxylic acids is 2. The van der Waals surface area contributed by atoms with E-state index in [4.69, 9.17) is 13.9 Å². The van der Waals surface area contributed by atoms with E-state index in [1.807, 2.05) is 19.1 Å². The number of piperidine rings is 1. The van der Waals surface area contributed by atoms with Crippen LogP contribution in [0.25, 0.3) is 11.0 Å². The molecule has 0 bridgehead atoms. The summed E-state index contributed by atoms with van der Waals surface area (Å²) in [6.45, 7) is 5.13. The number of esters is 1. The first-order chi connectivity index (χ1) is 15.8. The number of aryl methyl sites for hydroxylation is 1. The lowest BCUT2D eigenvalue weighted by atomic mass is 10.1. The van der Waals surface area contributed by atoms with Gasteiger partial charge < -0.3 is 24.1 Å². The van der Waals surface area contributed by atoms with Crippen LogP contribution in [0, 0.1) is 6.92 Å². The van der Waals surface area contributed by atoms with Gasteiger partial charge in [-0.2, -0.15) is 0 Å². The van der Waals surface area contributed by atoms with Gasteiger partial charge in [0.1, 0.15) is 28.9 Å². The molecule has 4 rings (SSSR count). The first kappa shape index (κ1) is 22.5. The van der Waals surface area contributed by atoms with E-state index in [2.05, 4.69) is 17.3 Å².